The summed E-state index contributed by atoms with van der Waals surface area (Å²) in [5.41, 5.74) is 1.86. The molecule has 0 heterocycles. The molecule has 0 fully saturated rings. The maximum Gasteiger partial charge on any atom is 0.255 e. The Morgan fingerprint density at radius 3 is 1.90 bits per heavy atom. The molecule has 0 saturated heterocycles. The fourth-order valence-corrected chi connectivity index (χ4v) is 1.79. The molecule has 0 aliphatic carbocycles. The first-order valence-corrected chi connectivity index (χ1v) is 6.41. The van der Waals surface area contributed by atoms with Gasteiger partial charge in [0.15, 0.2) is 0 Å². The zero-order valence-corrected chi connectivity index (χ0v) is 11.8. The number of hydrogen-bond donors (Lipinski definition) is 2. The average Bonchev–Trinajstić information content (AvgIpc) is 2.48. The van der Waals surface area contributed by atoms with Crippen molar-refractivity contribution in [1.29, 1.82) is 0 Å². The normalized spacial score (nSPS) is 9.81. The van der Waals surface area contributed by atoms with Crippen molar-refractivity contribution in [3.63, 3.8) is 0 Å². The number of amides is 2. The van der Waals surface area contributed by atoms with Gasteiger partial charge in [0.25, 0.3) is 5.91 Å². The van der Waals surface area contributed by atoms with Crippen LogP contribution in [-0.4, -0.2) is 18.9 Å². The van der Waals surface area contributed by atoms with Gasteiger partial charge in [-0.2, -0.15) is 0 Å². The van der Waals surface area contributed by atoms with E-state index >= 15 is 0 Å². The van der Waals surface area contributed by atoms with Gasteiger partial charge in [-0.1, -0.05) is 0 Å². The summed E-state index contributed by atoms with van der Waals surface area (Å²) in [6.07, 6.45) is 0. The lowest BCUT2D eigenvalue weighted by atomic mass is 10.2. The Labute approximate surface area is 122 Å². The van der Waals surface area contributed by atoms with Gasteiger partial charge in [0.2, 0.25) is 5.91 Å². The lowest BCUT2D eigenvalue weighted by Gasteiger charge is -2.07. The topological polar surface area (TPSA) is 67.4 Å². The fourth-order valence-electron chi connectivity index (χ4n) is 1.79. The molecule has 108 valence electrons. The van der Waals surface area contributed by atoms with E-state index in [-0.39, 0.29) is 11.8 Å². The first kappa shape index (κ1) is 14.6. The second-order valence-electron chi connectivity index (χ2n) is 4.44. The Morgan fingerprint density at radius 1 is 0.857 bits per heavy atom. The molecule has 5 nitrogen and oxygen atoms in total. The van der Waals surface area contributed by atoms with E-state index in [2.05, 4.69) is 10.6 Å². The Hall–Kier alpha value is -2.82. The van der Waals surface area contributed by atoms with Crippen LogP contribution >= 0.6 is 0 Å². The predicted molar refractivity (Wildman–Crippen MR) is 81.7 cm³/mol. The largest absolute Gasteiger partial charge is 0.497 e. The smallest absolute Gasteiger partial charge is 0.255 e. The monoisotopic (exact) mass is 284 g/mol. The van der Waals surface area contributed by atoms with E-state index in [1.54, 1.807) is 55.6 Å². The van der Waals surface area contributed by atoms with Gasteiger partial charge < -0.3 is 15.4 Å². The van der Waals surface area contributed by atoms with E-state index < -0.39 is 0 Å². The number of hydrogen-bond acceptors (Lipinski definition) is 3. The van der Waals surface area contributed by atoms with Crippen molar-refractivity contribution in [3.8, 4) is 5.75 Å². The summed E-state index contributed by atoms with van der Waals surface area (Å²) in [7, 11) is 1.59. The average molecular weight is 284 g/mol. The molecule has 2 aromatic carbocycles. The molecule has 0 aliphatic rings. The van der Waals surface area contributed by atoms with Crippen molar-refractivity contribution in [3.05, 3.63) is 54.1 Å². The van der Waals surface area contributed by atoms with E-state index in [9.17, 15) is 9.59 Å². The molecular weight excluding hydrogens is 268 g/mol. The van der Waals surface area contributed by atoms with Gasteiger partial charge in [-0.3, -0.25) is 9.59 Å². The lowest BCUT2D eigenvalue weighted by molar-refractivity contribution is -0.114. The van der Waals surface area contributed by atoms with E-state index in [0.717, 1.165) is 5.75 Å². The van der Waals surface area contributed by atoms with E-state index in [0.29, 0.717) is 16.9 Å². The molecule has 0 aliphatic heterocycles. The van der Waals surface area contributed by atoms with Crippen LogP contribution in [-0.2, 0) is 4.79 Å². The van der Waals surface area contributed by atoms with Gasteiger partial charge in [-0.25, -0.2) is 0 Å². The lowest BCUT2D eigenvalue weighted by Crippen LogP contribution is -2.12. The van der Waals surface area contributed by atoms with Crippen molar-refractivity contribution in [1.82, 2.24) is 0 Å². The molecule has 0 bridgehead atoms. The molecular formula is C16H16N2O3. The first-order chi connectivity index (χ1) is 10.1. The third kappa shape index (κ3) is 4.07. The Kier molecular flexibility index (Phi) is 4.56. The molecule has 2 N–H and O–H groups in total. The zero-order chi connectivity index (χ0) is 15.2. The minimum absolute atomic E-state index is 0.148. The predicted octanol–water partition coefficient (Wildman–Crippen LogP) is 2.91. The number of methoxy groups -OCH3 is 1. The van der Waals surface area contributed by atoms with Crippen molar-refractivity contribution in [2.45, 2.75) is 6.92 Å². The Morgan fingerprint density at radius 2 is 1.38 bits per heavy atom. The van der Waals surface area contributed by atoms with Crippen LogP contribution in [0.5, 0.6) is 5.75 Å². The number of nitrogens with one attached hydrogen (secondary N) is 2. The van der Waals surface area contributed by atoms with Gasteiger partial charge >= 0.3 is 0 Å². The van der Waals surface area contributed by atoms with E-state index in [1.807, 2.05) is 0 Å². The molecule has 0 spiro atoms. The maximum atomic E-state index is 12.1. The summed E-state index contributed by atoms with van der Waals surface area (Å²) in [5, 5.41) is 5.44. The highest BCUT2D eigenvalue weighted by Crippen LogP contribution is 2.16. The SMILES string of the molecule is COc1ccc(NC(=O)c2ccc(NC(C)=O)cc2)cc1. The quantitative estimate of drug-likeness (QED) is 0.907. The molecule has 0 saturated carbocycles. The minimum atomic E-state index is -0.213. The highest BCUT2D eigenvalue weighted by molar-refractivity contribution is 6.04. The summed E-state index contributed by atoms with van der Waals surface area (Å²) in [6.45, 7) is 1.43. The molecule has 2 rings (SSSR count). The van der Waals surface area contributed by atoms with Crippen LogP contribution in [0.3, 0.4) is 0 Å². The first-order valence-electron chi connectivity index (χ1n) is 6.41. The van der Waals surface area contributed by atoms with Gasteiger partial charge in [-0.05, 0) is 48.5 Å². The van der Waals surface area contributed by atoms with Crippen LogP contribution in [0.1, 0.15) is 17.3 Å². The number of rotatable bonds is 4. The van der Waals surface area contributed by atoms with Crippen molar-refractivity contribution in [2.24, 2.45) is 0 Å². The maximum absolute atomic E-state index is 12.1. The molecule has 0 atom stereocenters. The third-order valence-corrected chi connectivity index (χ3v) is 2.82. The highest BCUT2D eigenvalue weighted by atomic mass is 16.5. The van der Waals surface area contributed by atoms with Gasteiger partial charge in [0, 0.05) is 23.9 Å². The van der Waals surface area contributed by atoms with Crippen LogP contribution in [0, 0.1) is 0 Å². The van der Waals surface area contributed by atoms with Crippen molar-refractivity contribution >= 4 is 23.2 Å². The summed E-state index contributed by atoms with van der Waals surface area (Å²) >= 11 is 0. The van der Waals surface area contributed by atoms with Crippen LogP contribution < -0.4 is 15.4 Å². The Balaban J connectivity index is 2.03. The molecule has 0 radical (unpaired) electrons. The molecule has 2 amide bonds. The number of benzene rings is 2. The van der Waals surface area contributed by atoms with E-state index in [4.69, 9.17) is 4.74 Å². The number of carbonyl (C=O) groups excluding carboxylic acids is 2. The summed E-state index contributed by atoms with van der Waals surface area (Å²) < 4.78 is 5.06. The minimum Gasteiger partial charge on any atom is -0.497 e. The molecule has 0 aromatic heterocycles. The second kappa shape index (κ2) is 6.56. The Bertz CT molecular complexity index is 634. The summed E-state index contributed by atoms with van der Waals surface area (Å²) in [4.78, 5) is 23.0. The second-order valence-corrected chi connectivity index (χ2v) is 4.44. The number of ether oxygens (including phenoxy) is 1. The highest BCUT2D eigenvalue weighted by Gasteiger charge is 2.06. The zero-order valence-electron chi connectivity index (χ0n) is 11.8. The van der Waals surface area contributed by atoms with Gasteiger partial charge in [-0.15, -0.1) is 0 Å². The third-order valence-electron chi connectivity index (χ3n) is 2.82. The molecule has 2 aromatic rings. The van der Waals surface area contributed by atoms with Crippen molar-refractivity contribution in [2.75, 3.05) is 17.7 Å². The fraction of sp³-hybridized carbons (Fsp3) is 0.125. The van der Waals surface area contributed by atoms with Crippen LogP contribution in [0.4, 0.5) is 11.4 Å². The molecule has 0 unspecified atom stereocenters. The van der Waals surface area contributed by atoms with Crippen molar-refractivity contribution < 1.29 is 14.3 Å². The summed E-state index contributed by atoms with van der Waals surface area (Å²) in [5.74, 6) is 0.368. The number of carbonyl (C=O) groups is 2. The van der Waals surface area contributed by atoms with Gasteiger partial charge in [0.1, 0.15) is 5.75 Å². The number of anilines is 2. The van der Waals surface area contributed by atoms with E-state index in [1.165, 1.54) is 6.92 Å². The summed E-state index contributed by atoms with van der Waals surface area (Å²) in [6, 6.07) is 13.8. The van der Waals surface area contributed by atoms with Crippen LogP contribution in [0.2, 0.25) is 0 Å². The van der Waals surface area contributed by atoms with Gasteiger partial charge in [0.05, 0.1) is 7.11 Å². The molecule has 5 heteroatoms. The van der Waals surface area contributed by atoms with Crippen LogP contribution in [0.25, 0.3) is 0 Å². The van der Waals surface area contributed by atoms with Crippen LogP contribution in [0.15, 0.2) is 48.5 Å². The standard InChI is InChI=1S/C16H16N2O3/c1-11(19)17-13-5-3-12(4-6-13)16(20)18-14-7-9-15(21-2)10-8-14/h3-10H,1-2H3,(H,17,19)(H,18,20). The molecule has 21 heavy (non-hydrogen) atoms.